The van der Waals surface area contributed by atoms with Crippen molar-refractivity contribution in [3.8, 4) is 5.69 Å². The van der Waals surface area contributed by atoms with Crippen LogP contribution in [0.3, 0.4) is 0 Å². The van der Waals surface area contributed by atoms with Crippen molar-refractivity contribution in [2.45, 2.75) is 18.7 Å². The minimum atomic E-state index is -4.37. The van der Waals surface area contributed by atoms with Gasteiger partial charge in [0.05, 0.1) is 11.4 Å². The molecule has 0 radical (unpaired) electrons. The molecule has 26 heavy (non-hydrogen) atoms. The molecule has 0 saturated heterocycles. The van der Waals surface area contributed by atoms with Crippen LogP contribution in [-0.2, 0) is 10.0 Å². The highest BCUT2D eigenvalue weighted by Gasteiger charge is 2.25. The molecule has 3 rings (SSSR count). The van der Waals surface area contributed by atoms with Crippen LogP contribution in [0.4, 0.5) is 4.39 Å². The summed E-state index contributed by atoms with van der Waals surface area (Å²) in [5, 5.41) is 4.22. The standard InChI is InChI=1S/C18H16FN3O3S/c1-12-8-9-15(19)17(10-12)26(24,25)21-18(23)16-11-13(2)20-22(16)14-6-4-3-5-7-14/h3-11H,1-2H3,(H,21,23). The number of amides is 1. The number of benzene rings is 2. The minimum Gasteiger partial charge on any atom is -0.266 e. The van der Waals surface area contributed by atoms with E-state index in [4.69, 9.17) is 0 Å². The molecule has 6 nitrogen and oxygen atoms in total. The van der Waals surface area contributed by atoms with E-state index in [9.17, 15) is 17.6 Å². The molecule has 0 atom stereocenters. The van der Waals surface area contributed by atoms with Gasteiger partial charge in [0, 0.05) is 0 Å². The molecule has 1 amide bonds. The summed E-state index contributed by atoms with van der Waals surface area (Å²) in [7, 11) is -4.37. The number of halogens is 1. The number of aromatic nitrogens is 2. The van der Waals surface area contributed by atoms with Crippen LogP contribution in [0.15, 0.2) is 59.5 Å². The molecule has 0 saturated carbocycles. The van der Waals surface area contributed by atoms with E-state index in [1.165, 1.54) is 22.9 Å². The number of aryl methyl sites for hydroxylation is 2. The van der Waals surface area contributed by atoms with Crippen molar-refractivity contribution in [1.29, 1.82) is 0 Å². The Morgan fingerprint density at radius 3 is 2.46 bits per heavy atom. The minimum absolute atomic E-state index is 0.0327. The molecule has 0 aliphatic carbocycles. The van der Waals surface area contributed by atoms with Crippen LogP contribution in [0, 0.1) is 19.7 Å². The van der Waals surface area contributed by atoms with E-state index >= 15 is 0 Å². The molecular weight excluding hydrogens is 357 g/mol. The van der Waals surface area contributed by atoms with Gasteiger partial charge in [0.15, 0.2) is 0 Å². The van der Waals surface area contributed by atoms with Gasteiger partial charge in [0.25, 0.3) is 15.9 Å². The highest BCUT2D eigenvalue weighted by Crippen LogP contribution is 2.17. The van der Waals surface area contributed by atoms with E-state index in [-0.39, 0.29) is 5.69 Å². The highest BCUT2D eigenvalue weighted by molar-refractivity contribution is 7.90. The van der Waals surface area contributed by atoms with Crippen LogP contribution >= 0.6 is 0 Å². The average molecular weight is 373 g/mol. The maximum atomic E-state index is 13.9. The van der Waals surface area contributed by atoms with Gasteiger partial charge in [-0.2, -0.15) is 5.10 Å². The maximum absolute atomic E-state index is 13.9. The monoisotopic (exact) mass is 373 g/mol. The fraction of sp³-hybridized carbons (Fsp3) is 0.111. The summed E-state index contributed by atoms with van der Waals surface area (Å²) < 4.78 is 42.1. The van der Waals surface area contributed by atoms with Crippen LogP contribution in [0.25, 0.3) is 5.69 Å². The SMILES string of the molecule is Cc1ccc(F)c(S(=O)(=O)NC(=O)c2cc(C)nn2-c2ccccc2)c1. The molecule has 1 heterocycles. The second-order valence-electron chi connectivity index (χ2n) is 5.79. The van der Waals surface area contributed by atoms with Crippen molar-refractivity contribution in [1.82, 2.24) is 14.5 Å². The van der Waals surface area contributed by atoms with Crippen LogP contribution < -0.4 is 4.72 Å². The molecule has 0 aliphatic heterocycles. The topological polar surface area (TPSA) is 81.1 Å². The molecule has 3 aromatic rings. The number of sulfonamides is 1. The van der Waals surface area contributed by atoms with Crippen LogP contribution in [-0.4, -0.2) is 24.1 Å². The maximum Gasteiger partial charge on any atom is 0.283 e. The number of rotatable bonds is 4. The van der Waals surface area contributed by atoms with Gasteiger partial charge in [0.2, 0.25) is 0 Å². The first-order valence-corrected chi connectivity index (χ1v) is 9.21. The van der Waals surface area contributed by atoms with Crippen molar-refractivity contribution in [2.24, 2.45) is 0 Å². The van der Waals surface area contributed by atoms with Crippen LogP contribution in [0.2, 0.25) is 0 Å². The Hall–Kier alpha value is -3.00. The average Bonchev–Trinajstić information content (AvgIpc) is 2.99. The molecule has 0 bridgehead atoms. The summed E-state index contributed by atoms with van der Waals surface area (Å²) in [5.41, 5.74) is 1.73. The predicted octanol–water partition coefficient (Wildman–Crippen LogP) is 2.75. The molecule has 0 spiro atoms. The van der Waals surface area contributed by atoms with Gasteiger partial charge >= 0.3 is 0 Å². The normalized spacial score (nSPS) is 11.3. The molecule has 2 aromatic carbocycles. The zero-order valence-electron chi connectivity index (χ0n) is 14.1. The lowest BCUT2D eigenvalue weighted by Gasteiger charge is -2.10. The molecular formula is C18H16FN3O3S. The van der Waals surface area contributed by atoms with Gasteiger partial charge in [-0.05, 0) is 49.7 Å². The van der Waals surface area contributed by atoms with E-state index in [2.05, 4.69) is 5.10 Å². The number of carbonyl (C=O) groups excluding carboxylic acids is 1. The quantitative estimate of drug-likeness (QED) is 0.762. The largest absolute Gasteiger partial charge is 0.283 e. The summed E-state index contributed by atoms with van der Waals surface area (Å²) in [6.07, 6.45) is 0. The lowest BCUT2D eigenvalue weighted by molar-refractivity contribution is 0.0974. The Morgan fingerprint density at radius 1 is 1.08 bits per heavy atom. The van der Waals surface area contributed by atoms with Gasteiger partial charge in [-0.1, -0.05) is 24.3 Å². The summed E-state index contributed by atoms with van der Waals surface area (Å²) in [5.74, 6) is -1.82. The lowest BCUT2D eigenvalue weighted by atomic mass is 10.2. The first-order valence-electron chi connectivity index (χ1n) is 7.73. The van der Waals surface area contributed by atoms with Gasteiger partial charge < -0.3 is 0 Å². The molecule has 8 heteroatoms. The summed E-state index contributed by atoms with van der Waals surface area (Å²) in [6.45, 7) is 3.32. The summed E-state index contributed by atoms with van der Waals surface area (Å²) in [6, 6.07) is 14.0. The first-order chi connectivity index (χ1) is 12.3. The predicted molar refractivity (Wildman–Crippen MR) is 94.1 cm³/mol. The van der Waals surface area contributed by atoms with Crippen molar-refractivity contribution < 1.29 is 17.6 Å². The molecule has 0 aliphatic rings. The zero-order chi connectivity index (χ0) is 18.9. The van der Waals surface area contributed by atoms with E-state index in [0.717, 1.165) is 6.07 Å². The molecule has 0 fully saturated rings. The summed E-state index contributed by atoms with van der Waals surface area (Å²) >= 11 is 0. The van der Waals surface area contributed by atoms with Crippen LogP contribution in [0.5, 0.6) is 0 Å². The van der Waals surface area contributed by atoms with Gasteiger partial charge in [-0.25, -0.2) is 22.2 Å². The van der Waals surface area contributed by atoms with Gasteiger partial charge in [-0.15, -0.1) is 0 Å². The van der Waals surface area contributed by atoms with Crippen molar-refractivity contribution in [3.63, 3.8) is 0 Å². The Kier molecular flexibility index (Phi) is 4.60. The Morgan fingerprint density at radius 2 is 1.77 bits per heavy atom. The second-order valence-corrected chi connectivity index (χ2v) is 7.44. The lowest BCUT2D eigenvalue weighted by Crippen LogP contribution is -2.32. The molecule has 1 N–H and O–H groups in total. The number of para-hydroxylation sites is 1. The van der Waals surface area contributed by atoms with Gasteiger partial charge in [0.1, 0.15) is 16.4 Å². The van der Waals surface area contributed by atoms with Crippen LogP contribution in [0.1, 0.15) is 21.7 Å². The highest BCUT2D eigenvalue weighted by atomic mass is 32.2. The van der Waals surface area contributed by atoms with E-state index < -0.39 is 26.6 Å². The number of hydrogen-bond acceptors (Lipinski definition) is 4. The summed E-state index contributed by atoms with van der Waals surface area (Å²) in [4.78, 5) is 12.0. The molecule has 0 unspecified atom stereocenters. The number of carbonyl (C=O) groups is 1. The Labute approximate surface area is 150 Å². The number of nitrogens with one attached hydrogen (secondary N) is 1. The Bertz CT molecular complexity index is 1080. The van der Waals surface area contributed by atoms with Gasteiger partial charge in [-0.3, -0.25) is 4.79 Å². The molecule has 1 aromatic heterocycles. The molecule has 134 valence electrons. The third-order valence-corrected chi connectivity index (χ3v) is 5.01. The van der Waals surface area contributed by atoms with E-state index in [1.807, 2.05) is 10.8 Å². The number of nitrogens with zero attached hydrogens (tertiary/aromatic N) is 2. The van der Waals surface area contributed by atoms with Crippen molar-refractivity contribution in [3.05, 3.63) is 77.4 Å². The third kappa shape index (κ3) is 3.50. The second kappa shape index (κ2) is 6.72. The fourth-order valence-electron chi connectivity index (χ4n) is 2.47. The number of hydrogen-bond donors (Lipinski definition) is 1. The fourth-order valence-corrected chi connectivity index (χ4v) is 3.60. The van der Waals surface area contributed by atoms with Crippen molar-refractivity contribution >= 4 is 15.9 Å². The Balaban J connectivity index is 1.98. The zero-order valence-corrected chi connectivity index (χ0v) is 14.9. The van der Waals surface area contributed by atoms with Crippen molar-refractivity contribution in [2.75, 3.05) is 0 Å². The third-order valence-electron chi connectivity index (χ3n) is 3.67. The smallest absolute Gasteiger partial charge is 0.266 e. The van der Waals surface area contributed by atoms with E-state index in [1.54, 1.807) is 38.1 Å². The first kappa shape index (κ1) is 17.8. The van der Waals surface area contributed by atoms with E-state index in [0.29, 0.717) is 16.9 Å².